The molecule has 1 aliphatic rings. The van der Waals surface area contributed by atoms with Crippen molar-refractivity contribution in [1.29, 1.82) is 0 Å². The highest BCUT2D eigenvalue weighted by Crippen LogP contribution is 2.39. The van der Waals surface area contributed by atoms with Crippen LogP contribution < -0.4 is 0 Å². The molecule has 1 rings (SSSR count). The van der Waals surface area contributed by atoms with Crippen molar-refractivity contribution in [3.63, 3.8) is 0 Å². The maximum atomic E-state index is 10.00. The predicted molar refractivity (Wildman–Crippen MR) is 24.2 cm³/mol. The van der Waals surface area contributed by atoms with E-state index in [9.17, 15) is 4.57 Å². The fourth-order valence-corrected chi connectivity index (χ4v) is 1.06. The van der Waals surface area contributed by atoms with Crippen LogP contribution in [0.25, 0.3) is 0 Å². The molecule has 1 aliphatic heterocycles. The van der Waals surface area contributed by atoms with Gasteiger partial charge < -0.3 is 4.74 Å². The number of ether oxygens (including phenoxy) is 1. The minimum atomic E-state index is -2.06. The lowest BCUT2D eigenvalue weighted by Crippen LogP contribution is -1.77. The second-order valence-corrected chi connectivity index (χ2v) is 2.65. The van der Waals surface area contributed by atoms with E-state index in [1.54, 1.807) is 6.92 Å². The average Bonchev–Trinajstić information content (AvgIpc) is 2.17. The van der Waals surface area contributed by atoms with Gasteiger partial charge in [-0.25, -0.2) is 0 Å². The normalized spacial score (nSPS) is 40.6. The molecule has 1 heterocycles. The van der Waals surface area contributed by atoms with Crippen LogP contribution in [0.2, 0.25) is 0 Å². The molecule has 0 amide bonds. The Morgan fingerprint density at radius 2 is 2.29 bits per heavy atom. The SMILES string of the molecule is C[C@H]1O[C@H]1[P+](=O)O. The average molecular weight is 121 g/mol. The van der Waals surface area contributed by atoms with Gasteiger partial charge in [-0.1, -0.05) is 0 Å². The Labute approximate surface area is 42.2 Å². The van der Waals surface area contributed by atoms with Crippen molar-refractivity contribution in [3.05, 3.63) is 0 Å². The molecule has 0 aliphatic carbocycles. The van der Waals surface area contributed by atoms with Crippen LogP contribution in [-0.2, 0) is 9.30 Å². The maximum Gasteiger partial charge on any atom is 0.540 e. The topological polar surface area (TPSA) is 49.8 Å². The van der Waals surface area contributed by atoms with Crippen molar-refractivity contribution < 1.29 is 14.2 Å². The summed E-state index contributed by atoms with van der Waals surface area (Å²) in [6.45, 7) is 1.77. The third kappa shape index (κ3) is 0.969. The van der Waals surface area contributed by atoms with Gasteiger partial charge in [0.25, 0.3) is 0 Å². The van der Waals surface area contributed by atoms with E-state index < -0.39 is 8.03 Å². The van der Waals surface area contributed by atoms with Crippen molar-refractivity contribution in [2.75, 3.05) is 0 Å². The van der Waals surface area contributed by atoms with Crippen LogP contribution in [0.4, 0.5) is 0 Å². The van der Waals surface area contributed by atoms with Crippen LogP contribution in [0.15, 0.2) is 0 Å². The summed E-state index contributed by atoms with van der Waals surface area (Å²) in [4.78, 5) is 8.25. The third-order valence-electron chi connectivity index (χ3n) is 0.897. The molecule has 40 valence electrons. The molecule has 0 aromatic heterocycles. The highest BCUT2D eigenvalue weighted by molar-refractivity contribution is 7.39. The first kappa shape index (κ1) is 5.16. The first-order valence-electron chi connectivity index (χ1n) is 2.02. The van der Waals surface area contributed by atoms with Gasteiger partial charge in [-0.3, -0.25) is 0 Å². The predicted octanol–water partition coefficient (Wildman–Crippen LogP) is 0.466. The summed E-state index contributed by atoms with van der Waals surface area (Å²) in [6, 6.07) is 0. The molecule has 0 spiro atoms. The Balaban J connectivity index is 2.33. The lowest BCUT2D eigenvalue weighted by Gasteiger charge is -1.57. The minimum absolute atomic E-state index is 0.00797. The van der Waals surface area contributed by atoms with E-state index in [-0.39, 0.29) is 11.9 Å². The van der Waals surface area contributed by atoms with Crippen molar-refractivity contribution in [2.24, 2.45) is 0 Å². The zero-order chi connectivity index (χ0) is 5.44. The Morgan fingerprint density at radius 3 is 2.29 bits per heavy atom. The van der Waals surface area contributed by atoms with Gasteiger partial charge in [-0.2, -0.15) is 4.89 Å². The largest absolute Gasteiger partial charge is 0.540 e. The Morgan fingerprint density at radius 1 is 1.86 bits per heavy atom. The summed E-state index contributed by atoms with van der Waals surface area (Å²) in [6.07, 6.45) is 0.00797. The van der Waals surface area contributed by atoms with Crippen LogP contribution in [0.5, 0.6) is 0 Å². The van der Waals surface area contributed by atoms with Crippen molar-refractivity contribution in [1.82, 2.24) is 0 Å². The van der Waals surface area contributed by atoms with Crippen molar-refractivity contribution in [3.8, 4) is 0 Å². The van der Waals surface area contributed by atoms with Crippen LogP contribution in [0.3, 0.4) is 0 Å². The molecule has 0 bridgehead atoms. The van der Waals surface area contributed by atoms with E-state index in [1.807, 2.05) is 0 Å². The Hall–Kier alpha value is 0.0200. The van der Waals surface area contributed by atoms with Crippen LogP contribution in [-0.4, -0.2) is 16.8 Å². The van der Waals surface area contributed by atoms with Gasteiger partial charge in [0, 0.05) is 0 Å². The molecule has 1 unspecified atom stereocenters. The van der Waals surface area contributed by atoms with E-state index in [2.05, 4.69) is 4.74 Å². The molecule has 1 fully saturated rings. The standard InChI is InChI=1S/C3H5O3P/c1-2-3(6-2)7(4)5/h2-3H,1H3/p+1/t2-,3+/m1/s1. The lowest BCUT2D eigenvalue weighted by molar-refractivity contribution is 0.395. The quantitative estimate of drug-likeness (QED) is 0.405. The van der Waals surface area contributed by atoms with Gasteiger partial charge in [0.15, 0.2) is 0 Å². The van der Waals surface area contributed by atoms with Crippen LogP contribution >= 0.6 is 8.03 Å². The van der Waals surface area contributed by atoms with E-state index in [0.29, 0.717) is 0 Å². The number of hydrogen-bond donors (Lipinski definition) is 1. The van der Waals surface area contributed by atoms with Crippen molar-refractivity contribution in [2.45, 2.75) is 18.9 Å². The molecule has 1 saturated heterocycles. The van der Waals surface area contributed by atoms with Gasteiger partial charge in [0.2, 0.25) is 0 Å². The number of hydrogen-bond acceptors (Lipinski definition) is 2. The second-order valence-electron chi connectivity index (χ2n) is 1.53. The molecule has 0 saturated carbocycles. The molecule has 0 aromatic carbocycles. The van der Waals surface area contributed by atoms with Crippen molar-refractivity contribution >= 4 is 8.03 Å². The number of rotatable bonds is 1. The summed E-state index contributed by atoms with van der Waals surface area (Å²) in [5.74, 6) is -0.366. The third-order valence-corrected chi connectivity index (χ3v) is 1.87. The number of epoxide rings is 1. The summed E-state index contributed by atoms with van der Waals surface area (Å²) in [5, 5.41) is 0. The molecule has 0 radical (unpaired) electrons. The molecule has 3 atom stereocenters. The summed E-state index contributed by atoms with van der Waals surface area (Å²) in [5.41, 5.74) is 0. The van der Waals surface area contributed by atoms with Gasteiger partial charge in [-0.15, -0.1) is 0 Å². The molecular formula is C3H6O3P+. The zero-order valence-electron chi connectivity index (χ0n) is 3.87. The minimum Gasteiger partial charge on any atom is -0.320 e. The van der Waals surface area contributed by atoms with E-state index in [0.717, 1.165) is 0 Å². The first-order valence-corrected chi connectivity index (χ1v) is 3.30. The highest BCUT2D eigenvalue weighted by Gasteiger charge is 2.51. The summed E-state index contributed by atoms with van der Waals surface area (Å²) < 4.78 is 14.6. The molecule has 1 N–H and O–H groups in total. The summed E-state index contributed by atoms with van der Waals surface area (Å²) in [7, 11) is -2.06. The smallest absolute Gasteiger partial charge is 0.320 e. The van der Waals surface area contributed by atoms with E-state index >= 15 is 0 Å². The Bertz CT molecular complexity index is 102. The monoisotopic (exact) mass is 121 g/mol. The van der Waals surface area contributed by atoms with Gasteiger partial charge in [0.05, 0.1) is 0 Å². The second kappa shape index (κ2) is 1.51. The first-order chi connectivity index (χ1) is 3.22. The molecular weight excluding hydrogens is 115 g/mol. The fraction of sp³-hybridized carbons (Fsp3) is 1.00. The van der Waals surface area contributed by atoms with E-state index in [1.165, 1.54) is 0 Å². The van der Waals surface area contributed by atoms with Gasteiger partial charge in [0.1, 0.15) is 6.10 Å². The maximum absolute atomic E-state index is 10.00. The fourth-order valence-electron chi connectivity index (χ4n) is 0.406. The highest BCUT2D eigenvalue weighted by atomic mass is 31.1. The Kier molecular flexibility index (Phi) is 1.11. The molecule has 7 heavy (non-hydrogen) atoms. The molecule has 0 aromatic rings. The zero-order valence-corrected chi connectivity index (χ0v) is 4.76. The van der Waals surface area contributed by atoms with E-state index in [4.69, 9.17) is 4.89 Å². The molecule has 3 nitrogen and oxygen atoms in total. The van der Waals surface area contributed by atoms with Crippen LogP contribution in [0.1, 0.15) is 6.92 Å². The molecule has 4 heteroatoms. The van der Waals surface area contributed by atoms with Gasteiger partial charge >= 0.3 is 13.9 Å². The van der Waals surface area contributed by atoms with Crippen LogP contribution in [0, 0.1) is 0 Å². The summed E-state index contributed by atoms with van der Waals surface area (Å²) >= 11 is 0. The van der Waals surface area contributed by atoms with Gasteiger partial charge in [-0.05, 0) is 11.5 Å². The lowest BCUT2D eigenvalue weighted by atomic mass is 10.6.